The number of ether oxygens (including phenoxy) is 2. The molecule has 5 aromatic rings. The van der Waals surface area contributed by atoms with Crippen molar-refractivity contribution in [1.82, 2.24) is 19.2 Å². The van der Waals surface area contributed by atoms with E-state index in [4.69, 9.17) is 9.47 Å². The van der Waals surface area contributed by atoms with Crippen molar-refractivity contribution in [3.8, 4) is 17.2 Å². The van der Waals surface area contributed by atoms with Crippen molar-refractivity contribution < 1.29 is 14.3 Å². The van der Waals surface area contributed by atoms with E-state index in [0.717, 1.165) is 11.3 Å². The quantitative estimate of drug-likeness (QED) is 0.250. The first-order valence-electron chi connectivity index (χ1n) is 10.9. The molecule has 0 N–H and O–H groups in total. The van der Waals surface area contributed by atoms with Crippen LogP contribution in [-0.4, -0.2) is 44.9 Å². The van der Waals surface area contributed by atoms with Gasteiger partial charge >= 0.3 is 0 Å². The van der Waals surface area contributed by atoms with E-state index < -0.39 is 0 Å². The number of carbonyl (C=O) groups is 1. The lowest BCUT2D eigenvalue weighted by atomic mass is 10.1. The number of nitrogens with zero attached hydrogens (tertiary/aromatic N) is 4. The zero-order valence-corrected chi connectivity index (χ0v) is 20.2. The van der Waals surface area contributed by atoms with Crippen molar-refractivity contribution in [1.29, 1.82) is 0 Å². The summed E-state index contributed by atoms with van der Waals surface area (Å²) in [5.41, 5.74) is 2.69. The average molecular weight is 487 g/mol. The highest BCUT2D eigenvalue weighted by Gasteiger charge is 2.20. The van der Waals surface area contributed by atoms with Crippen molar-refractivity contribution in [3.63, 3.8) is 0 Å². The molecule has 9 heteroatoms. The van der Waals surface area contributed by atoms with Gasteiger partial charge in [-0.05, 0) is 48.9 Å². The number of ketones is 1. The fourth-order valence-electron chi connectivity index (χ4n) is 4.03. The van der Waals surface area contributed by atoms with Gasteiger partial charge in [-0.25, -0.2) is 4.57 Å². The molecule has 0 unspecified atom stereocenters. The van der Waals surface area contributed by atoms with E-state index in [1.165, 1.54) is 18.9 Å². The molecule has 0 aliphatic carbocycles. The molecule has 2 heterocycles. The second-order valence-electron chi connectivity index (χ2n) is 7.84. The summed E-state index contributed by atoms with van der Waals surface area (Å²) in [6.45, 7) is 1.95. The lowest BCUT2D eigenvalue weighted by molar-refractivity contribution is 0.102. The summed E-state index contributed by atoms with van der Waals surface area (Å²) < 4.78 is 14.0. The zero-order chi connectivity index (χ0) is 24.5. The molecule has 0 spiro atoms. The summed E-state index contributed by atoms with van der Waals surface area (Å²) in [6.07, 6.45) is 0. The van der Waals surface area contributed by atoms with Crippen LogP contribution in [0.1, 0.15) is 15.9 Å². The molecular formula is C26H22N4O4S. The minimum atomic E-state index is -0.173. The summed E-state index contributed by atoms with van der Waals surface area (Å²) >= 11 is 1.26. The Morgan fingerprint density at radius 2 is 1.69 bits per heavy atom. The minimum Gasteiger partial charge on any atom is -0.493 e. The van der Waals surface area contributed by atoms with Crippen LogP contribution in [0.4, 0.5) is 0 Å². The Kier molecular flexibility index (Phi) is 6.00. The van der Waals surface area contributed by atoms with Gasteiger partial charge in [-0.3, -0.25) is 14.0 Å². The van der Waals surface area contributed by atoms with Gasteiger partial charge in [-0.1, -0.05) is 42.1 Å². The smallest absolute Gasteiger partial charge is 0.267 e. The highest BCUT2D eigenvalue weighted by Crippen LogP contribution is 2.29. The second kappa shape index (κ2) is 9.27. The summed E-state index contributed by atoms with van der Waals surface area (Å²) in [5.74, 6) is 1.48. The fraction of sp³-hybridized carbons (Fsp3) is 0.154. The highest BCUT2D eigenvalue weighted by atomic mass is 32.2. The molecule has 5 rings (SSSR count). The van der Waals surface area contributed by atoms with Gasteiger partial charge in [0.2, 0.25) is 5.78 Å². The van der Waals surface area contributed by atoms with Gasteiger partial charge in [-0.2, -0.15) is 0 Å². The van der Waals surface area contributed by atoms with Crippen LogP contribution in [0.2, 0.25) is 0 Å². The van der Waals surface area contributed by atoms with E-state index in [1.807, 2.05) is 53.8 Å². The molecule has 0 radical (unpaired) electrons. The Labute approximate surface area is 205 Å². The number of Topliss-reactive ketones (excluding diaryl/α,β-unsaturated/α-hetero) is 1. The largest absolute Gasteiger partial charge is 0.493 e. The van der Waals surface area contributed by atoms with Gasteiger partial charge in [-0.15, -0.1) is 10.2 Å². The first-order valence-corrected chi connectivity index (χ1v) is 11.8. The Balaban J connectivity index is 1.58. The number of benzene rings is 3. The topological polar surface area (TPSA) is 87.7 Å². The summed E-state index contributed by atoms with van der Waals surface area (Å²) in [4.78, 5) is 26.4. The molecule has 8 nitrogen and oxygen atoms in total. The number of aryl methyl sites for hydroxylation is 1. The third-order valence-electron chi connectivity index (χ3n) is 5.79. The lowest BCUT2D eigenvalue weighted by Crippen LogP contribution is -2.22. The minimum absolute atomic E-state index is 0.0933. The van der Waals surface area contributed by atoms with Crippen molar-refractivity contribution >= 4 is 34.2 Å². The van der Waals surface area contributed by atoms with Gasteiger partial charge in [0, 0.05) is 5.56 Å². The predicted octanol–water partition coefficient (Wildman–Crippen LogP) is 4.33. The number of thioether (sulfide) groups is 1. The molecule has 2 aromatic heterocycles. The zero-order valence-electron chi connectivity index (χ0n) is 19.4. The van der Waals surface area contributed by atoms with Crippen molar-refractivity contribution in [2.75, 3.05) is 20.0 Å². The molecule has 0 amide bonds. The lowest BCUT2D eigenvalue weighted by Gasteiger charge is -2.13. The number of methoxy groups -OCH3 is 2. The summed E-state index contributed by atoms with van der Waals surface area (Å²) in [7, 11) is 3.08. The van der Waals surface area contributed by atoms with Gasteiger partial charge in [0.15, 0.2) is 22.4 Å². The Bertz CT molecular complexity index is 1640. The van der Waals surface area contributed by atoms with Crippen molar-refractivity contribution in [2.24, 2.45) is 0 Å². The molecular weight excluding hydrogens is 464 g/mol. The van der Waals surface area contributed by atoms with Crippen LogP contribution < -0.4 is 15.0 Å². The molecule has 0 saturated carbocycles. The SMILES string of the molecule is COc1ccc(C(=O)CSc2nnc3n(-c4ccccc4C)c(=O)c4ccccc4n23)cc1OC. The van der Waals surface area contributed by atoms with Crippen LogP contribution >= 0.6 is 11.8 Å². The maximum Gasteiger partial charge on any atom is 0.267 e. The van der Waals surface area contributed by atoms with E-state index in [9.17, 15) is 9.59 Å². The van der Waals surface area contributed by atoms with Gasteiger partial charge in [0.1, 0.15) is 0 Å². The Morgan fingerprint density at radius 3 is 2.46 bits per heavy atom. The third-order valence-corrected chi connectivity index (χ3v) is 6.72. The predicted molar refractivity (Wildman–Crippen MR) is 135 cm³/mol. The monoisotopic (exact) mass is 486 g/mol. The van der Waals surface area contributed by atoms with Crippen molar-refractivity contribution in [2.45, 2.75) is 12.1 Å². The molecule has 0 saturated heterocycles. The number of para-hydroxylation sites is 2. The molecule has 3 aromatic carbocycles. The first-order chi connectivity index (χ1) is 17.0. The van der Waals surface area contributed by atoms with E-state index in [1.54, 1.807) is 35.9 Å². The molecule has 0 fully saturated rings. The van der Waals surface area contributed by atoms with Gasteiger partial charge in [0.05, 0.1) is 36.6 Å². The molecule has 0 bridgehead atoms. The van der Waals surface area contributed by atoms with E-state index in [-0.39, 0.29) is 17.1 Å². The number of carbonyl (C=O) groups excluding carboxylic acids is 1. The maximum atomic E-state index is 13.5. The van der Waals surface area contributed by atoms with Gasteiger partial charge < -0.3 is 9.47 Å². The molecule has 35 heavy (non-hydrogen) atoms. The van der Waals surface area contributed by atoms with E-state index >= 15 is 0 Å². The number of hydrogen-bond acceptors (Lipinski definition) is 7. The number of hydrogen-bond donors (Lipinski definition) is 0. The van der Waals surface area contributed by atoms with Crippen LogP contribution in [0.5, 0.6) is 11.5 Å². The summed E-state index contributed by atoms with van der Waals surface area (Å²) in [5, 5.41) is 9.76. The van der Waals surface area contributed by atoms with E-state index in [0.29, 0.717) is 38.9 Å². The highest BCUT2D eigenvalue weighted by molar-refractivity contribution is 7.99. The van der Waals surface area contributed by atoms with Crippen LogP contribution in [0.3, 0.4) is 0 Å². The van der Waals surface area contributed by atoms with Crippen LogP contribution in [0.25, 0.3) is 22.4 Å². The summed E-state index contributed by atoms with van der Waals surface area (Å²) in [6, 6.07) is 20.0. The molecule has 0 aliphatic rings. The number of rotatable bonds is 7. The maximum absolute atomic E-state index is 13.5. The standard InChI is InChI=1S/C26H22N4O4S/c1-16-8-4-6-10-19(16)29-24(32)18-9-5-7-11-20(18)30-25(29)27-28-26(30)35-15-21(31)17-12-13-22(33-2)23(14-17)34-3/h4-14H,15H2,1-3H3. The molecule has 0 atom stereocenters. The van der Waals surface area contributed by atoms with Crippen molar-refractivity contribution in [3.05, 3.63) is 88.2 Å². The molecule has 0 aliphatic heterocycles. The van der Waals surface area contributed by atoms with Crippen LogP contribution in [0, 0.1) is 6.92 Å². The third kappa shape index (κ3) is 3.93. The normalized spacial score (nSPS) is 11.2. The fourth-order valence-corrected chi connectivity index (χ4v) is 4.86. The Hall–Kier alpha value is -4.11. The first kappa shape index (κ1) is 22.7. The molecule has 176 valence electrons. The average Bonchev–Trinajstić information content (AvgIpc) is 3.31. The number of aromatic nitrogens is 4. The Morgan fingerprint density at radius 1 is 0.943 bits per heavy atom. The van der Waals surface area contributed by atoms with Crippen LogP contribution in [-0.2, 0) is 0 Å². The second-order valence-corrected chi connectivity index (χ2v) is 8.79. The van der Waals surface area contributed by atoms with Crippen LogP contribution in [0.15, 0.2) is 76.7 Å². The number of fused-ring (bicyclic) bond motifs is 3. The van der Waals surface area contributed by atoms with Gasteiger partial charge in [0.25, 0.3) is 5.56 Å². The van der Waals surface area contributed by atoms with E-state index in [2.05, 4.69) is 10.2 Å².